The van der Waals surface area contributed by atoms with E-state index in [4.69, 9.17) is 32.7 Å². The lowest BCUT2D eigenvalue weighted by Gasteiger charge is -2.27. The Morgan fingerprint density at radius 3 is 2.29 bits per heavy atom. The molecule has 0 saturated carbocycles. The van der Waals surface area contributed by atoms with Gasteiger partial charge in [-0.25, -0.2) is 0 Å². The molecule has 0 aromatic heterocycles. The van der Waals surface area contributed by atoms with E-state index < -0.39 is 23.5 Å². The highest BCUT2D eigenvalue weighted by atomic mass is 35.5. The van der Waals surface area contributed by atoms with Crippen LogP contribution in [-0.4, -0.2) is 31.0 Å². The fourth-order valence-corrected chi connectivity index (χ4v) is 4.84. The monoisotopic (exact) mass is 511 g/mol. The van der Waals surface area contributed by atoms with Crippen LogP contribution in [0.25, 0.3) is 5.76 Å². The molecule has 0 radical (unpaired) electrons. The maximum Gasteiger partial charge on any atom is 0.300 e. The first kappa shape index (κ1) is 24.6. The van der Waals surface area contributed by atoms with Gasteiger partial charge in [0, 0.05) is 10.7 Å². The Bertz CT molecular complexity index is 1360. The zero-order chi connectivity index (χ0) is 25.4. The van der Waals surface area contributed by atoms with E-state index in [9.17, 15) is 14.7 Å². The summed E-state index contributed by atoms with van der Waals surface area (Å²) in [5.74, 6) is -1.27. The topological polar surface area (TPSA) is 76.1 Å². The van der Waals surface area contributed by atoms with E-state index in [0.717, 1.165) is 11.1 Å². The van der Waals surface area contributed by atoms with Gasteiger partial charge in [0.25, 0.3) is 11.7 Å². The van der Waals surface area contributed by atoms with Crippen molar-refractivity contribution in [2.45, 2.75) is 19.9 Å². The molecule has 3 aromatic carbocycles. The minimum atomic E-state index is -0.913. The molecular formula is C27H23Cl2NO5. The predicted octanol–water partition coefficient (Wildman–Crippen LogP) is 6.25. The number of rotatable bonds is 5. The number of anilines is 1. The summed E-state index contributed by atoms with van der Waals surface area (Å²) in [6.07, 6.45) is 0. The average molecular weight is 512 g/mol. The van der Waals surface area contributed by atoms with Crippen LogP contribution in [0.15, 0.2) is 60.2 Å². The summed E-state index contributed by atoms with van der Waals surface area (Å²) in [6.45, 7) is 3.81. The number of hydrogen-bond donors (Lipinski definition) is 1. The van der Waals surface area contributed by atoms with E-state index in [1.807, 2.05) is 26.0 Å². The Kier molecular flexibility index (Phi) is 6.79. The van der Waals surface area contributed by atoms with E-state index >= 15 is 0 Å². The van der Waals surface area contributed by atoms with Crippen molar-refractivity contribution in [1.29, 1.82) is 0 Å². The van der Waals surface area contributed by atoms with Crippen LogP contribution in [0, 0.1) is 13.8 Å². The Hall–Kier alpha value is -3.48. The lowest BCUT2D eigenvalue weighted by Crippen LogP contribution is -2.30. The van der Waals surface area contributed by atoms with Crippen LogP contribution in [0.4, 0.5) is 5.69 Å². The lowest BCUT2D eigenvalue weighted by atomic mass is 9.94. The van der Waals surface area contributed by atoms with E-state index in [0.29, 0.717) is 17.0 Å². The molecule has 6 nitrogen and oxygen atoms in total. The largest absolute Gasteiger partial charge is 0.507 e. The average Bonchev–Trinajstić information content (AvgIpc) is 3.10. The number of hydrogen-bond acceptors (Lipinski definition) is 5. The van der Waals surface area contributed by atoms with Crippen molar-refractivity contribution in [3.63, 3.8) is 0 Å². The molecule has 180 valence electrons. The van der Waals surface area contributed by atoms with Gasteiger partial charge >= 0.3 is 0 Å². The molecule has 1 saturated heterocycles. The second kappa shape index (κ2) is 9.64. The maximum atomic E-state index is 13.4. The summed E-state index contributed by atoms with van der Waals surface area (Å²) in [6, 6.07) is 14.5. The molecule has 8 heteroatoms. The summed E-state index contributed by atoms with van der Waals surface area (Å²) >= 11 is 12.5. The lowest BCUT2D eigenvalue weighted by molar-refractivity contribution is -0.132. The number of halogens is 2. The van der Waals surface area contributed by atoms with Crippen LogP contribution >= 0.6 is 23.2 Å². The van der Waals surface area contributed by atoms with Gasteiger partial charge in [0.05, 0.1) is 36.4 Å². The second-order valence-corrected chi connectivity index (χ2v) is 8.97. The maximum absolute atomic E-state index is 13.4. The van der Waals surface area contributed by atoms with Crippen molar-refractivity contribution in [2.24, 2.45) is 0 Å². The van der Waals surface area contributed by atoms with Crippen molar-refractivity contribution < 1.29 is 24.2 Å². The molecule has 1 atom stereocenters. The van der Waals surface area contributed by atoms with Crippen LogP contribution in [0.5, 0.6) is 11.5 Å². The van der Waals surface area contributed by atoms with Gasteiger partial charge in [0.1, 0.15) is 17.3 Å². The van der Waals surface area contributed by atoms with Gasteiger partial charge < -0.3 is 14.6 Å². The number of ketones is 1. The Balaban J connectivity index is 2.03. The van der Waals surface area contributed by atoms with Crippen molar-refractivity contribution >= 4 is 46.3 Å². The van der Waals surface area contributed by atoms with Crippen molar-refractivity contribution in [3.05, 3.63) is 92.5 Å². The molecule has 1 aliphatic heterocycles. The SMILES string of the molecule is COc1ccc(C2/C(=C(\O)c3cc(Cl)cc(Cl)c3OC)C(=O)C(=O)N2c2cccc(C)c2C)cc1. The number of ether oxygens (including phenoxy) is 2. The molecule has 1 N–H and O–H groups in total. The zero-order valence-corrected chi connectivity index (χ0v) is 21.1. The van der Waals surface area contributed by atoms with Gasteiger partial charge in [0.15, 0.2) is 0 Å². The van der Waals surface area contributed by atoms with Crippen molar-refractivity contribution in [3.8, 4) is 11.5 Å². The van der Waals surface area contributed by atoms with E-state index in [1.54, 1.807) is 37.4 Å². The van der Waals surface area contributed by atoms with Crippen LogP contribution in [-0.2, 0) is 9.59 Å². The first-order valence-corrected chi connectivity index (χ1v) is 11.5. The molecule has 1 fully saturated rings. The number of aliphatic hydroxyl groups is 1. The molecule has 1 aliphatic rings. The number of nitrogens with zero attached hydrogens (tertiary/aromatic N) is 1. The third kappa shape index (κ3) is 4.24. The summed E-state index contributed by atoms with van der Waals surface area (Å²) in [7, 11) is 2.94. The highest BCUT2D eigenvalue weighted by molar-refractivity contribution is 6.52. The molecule has 1 amide bonds. The first-order valence-electron chi connectivity index (χ1n) is 10.7. The van der Waals surface area contributed by atoms with Crippen LogP contribution < -0.4 is 14.4 Å². The smallest absolute Gasteiger partial charge is 0.300 e. The number of benzene rings is 3. The van der Waals surface area contributed by atoms with Gasteiger partial charge in [-0.1, -0.05) is 47.5 Å². The number of methoxy groups -OCH3 is 2. The molecule has 1 heterocycles. The molecule has 3 aromatic rings. The highest BCUT2D eigenvalue weighted by Gasteiger charge is 2.47. The quantitative estimate of drug-likeness (QED) is 0.248. The number of Topliss-reactive ketones (excluding diaryl/α,β-unsaturated/α-hetero) is 1. The Labute approximate surface area is 213 Å². The molecule has 4 rings (SSSR count). The van der Waals surface area contributed by atoms with Gasteiger partial charge in [-0.05, 0) is 60.9 Å². The van der Waals surface area contributed by atoms with Gasteiger partial charge in [-0.2, -0.15) is 0 Å². The third-order valence-corrected chi connectivity index (χ3v) is 6.68. The number of amides is 1. The first-order chi connectivity index (χ1) is 16.7. The van der Waals surface area contributed by atoms with Gasteiger partial charge in [-0.3, -0.25) is 14.5 Å². The molecule has 0 bridgehead atoms. The van der Waals surface area contributed by atoms with Crippen molar-refractivity contribution in [1.82, 2.24) is 0 Å². The standard InChI is InChI=1S/C27H23Cl2NO5/c1-14-6-5-7-21(15(14)2)30-23(16-8-10-18(34-3)11-9-16)22(25(32)27(30)33)24(31)19-12-17(28)13-20(29)26(19)35-4/h5-13,23,31H,1-4H3/b24-22+. The molecule has 1 unspecified atom stereocenters. The minimum absolute atomic E-state index is 0.0993. The predicted molar refractivity (Wildman–Crippen MR) is 137 cm³/mol. The Morgan fingerprint density at radius 1 is 0.971 bits per heavy atom. The summed E-state index contributed by atoms with van der Waals surface area (Å²) < 4.78 is 10.6. The third-order valence-electron chi connectivity index (χ3n) is 6.18. The van der Waals surface area contributed by atoms with Crippen LogP contribution in [0.1, 0.15) is 28.3 Å². The zero-order valence-electron chi connectivity index (χ0n) is 19.6. The summed E-state index contributed by atoms with van der Waals surface area (Å²) in [5, 5.41) is 11.8. The molecule has 0 aliphatic carbocycles. The number of aliphatic hydroxyl groups excluding tert-OH is 1. The van der Waals surface area contributed by atoms with E-state index in [1.165, 1.54) is 24.1 Å². The number of aryl methyl sites for hydroxylation is 1. The molecule has 35 heavy (non-hydrogen) atoms. The van der Waals surface area contributed by atoms with Crippen LogP contribution in [0.3, 0.4) is 0 Å². The Morgan fingerprint density at radius 2 is 1.66 bits per heavy atom. The fraction of sp³-hybridized carbons (Fsp3) is 0.185. The fourth-order valence-electron chi connectivity index (χ4n) is 4.27. The van der Waals surface area contributed by atoms with Crippen molar-refractivity contribution in [2.75, 3.05) is 19.1 Å². The highest BCUT2D eigenvalue weighted by Crippen LogP contribution is 2.46. The van der Waals surface area contributed by atoms with E-state index in [2.05, 4.69) is 0 Å². The number of carbonyl (C=O) groups excluding carboxylic acids is 2. The van der Waals surface area contributed by atoms with Crippen LogP contribution in [0.2, 0.25) is 10.0 Å². The number of carbonyl (C=O) groups is 2. The normalized spacial score (nSPS) is 17.1. The van der Waals surface area contributed by atoms with Gasteiger partial charge in [-0.15, -0.1) is 0 Å². The molecule has 0 spiro atoms. The van der Waals surface area contributed by atoms with E-state index in [-0.39, 0.29) is 26.9 Å². The summed E-state index contributed by atoms with van der Waals surface area (Å²) in [5.41, 5.74) is 3.00. The second-order valence-electron chi connectivity index (χ2n) is 8.13. The van der Waals surface area contributed by atoms with Gasteiger partial charge in [0.2, 0.25) is 0 Å². The molecular weight excluding hydrogens is 489 g/mol. The summed E-state index contributed by atoms with van der Waals surface area (Å²) in [4.78, 5) is 28.3. The minimum Gasteiger partial charge on any atom is -0.507 e.